The Balaban J connectivity index is 1.81. The Morgan fingerprint density at radius 1 is 1.10 bits per heavy atom. The third-order valence-electron chi connectivity index (χ3n) is 4.13. The molecule has 2 atom stereocenters. The van der Waals surface area contributed by atoms with Gasteiger partial charge in [-0.15, -0.1) is 0 Å². The van der Waals surface area contributed by atoms with Gasteiger partial charge in [0.2, 0.25) is 5.91 Å². The van der Waals surface area contributed by atoms with Crippen LogP contribution in [-0.2, 0) is 16.0 Å². The quantitative estimate of drug-likeness (QED) is 0.287. The summed E-state index contributed by atoms with van der Waals surface area (Å²) in [5.41, 5.74) is 1.57. The molecule has 0 aromatic heterocycles. The Labute approximate surface area is 179 Å². The van der Waals surface area contributed by atoms with E-state index in [9.17, 15) is 25.0 Å². The SMILES string of the molecule is O=C(C[C@H](O)C(=O)N(O)CC#Cc1ccc(Cl)cc1)N[C@H](CO)Cc1ccccc1. The summed E-state index contributed by atoms with van der Waals surface area (Å²) in [6.45, 7) is -0.634. The van der Waals surface area contributed by atoms with E-state index in [2.05, 4.69) is 17.2 Å². The molecule has 0 radical (unpaired) electrons. The molecule has 0 unspecified atom stereocenters. The molecule has 0 heterocycles. The third-order valence-corrected chi connectivity index (χ3v) is 4.39. The zero-order valence-corrected chi connectivity index (χ0v) is 16.9. The van der Waals surface area contributed by atoms with Crippen LogP contribution in [-0.4, -0.2) is 57.6 Å². The van der Waals surface area contributed by atoms with Crippen LogP contribution in [0.5, 0.6) is 0 Å². The van der Waals surface area contributed by atoms with Crippen LogP contribution in [0.1, 0.15) is 17.5 Å². The van der Waals surface area contributed by atoms with Crippen LogP contribution >= 0.6 is 11.6 Å². The van der Waals surface area contributed by atoms with E-state index in [1.807, 2.05) is 30.3 Å². The van der Waals surface area contributed by atoms with Crippen molar-refractivity contribution < 1.29 is 25.0 Å². The first-order valence-corrected chi connectivity index (χ1v) is 9.63. The van der Waals surface area contributed by atoms with Crippen LogP contribution < -0.4 is 5.32 Å². The van der Waals surface area contributed by atoms with Gasteiger partial charge in [-0.2, -0.15) is 0 Å². The highest BCUT2D eigenvalue weighted by Crippen LogP contribution is 2.08. The summed E-state index contributed by atoms with van der Waals surface area (Å²) in [5.74, 6) is 3.68. The predicted molar refractivity (Wildman–Crippen MR) is 112 cm³/mol. The summed E-state index contributed by atoms with van der Waals surface area (Å²) in [4.78, 5) is 24.1. The number of hydrogen-bond acceptors (Lipinski definition) is 5. The van der Waals surface area contributed by atoms with E-state index < -0.39 is 30.4 Å². The van der Waals surface area contributed by atoms with Crippen LogP contribution in [0.4, 0.5) is 0 Å². The smallest absolute Gasteiger partial charge is 0.276 e. The molecule has 2 aromatic rings. The average Bonchev–Trinajstić information content (AvgIpc) is 2.74. The summed E-state index contributed by atoms with van der Waals surface area (Å²) < 4.78 is 0. The number of nitrogens with zero attached hydrogens (tertiary/aromatic N) is 1. The molecule has 0 saturated heterocycles. The molecule has 30 heavy (non-hydrogen) atoms. The lowest BCUT2D eigenvalue weighted by atomic mass is 10.1. The fourth-order valence-electron chi connectivity index (χ4n) is 2.61. The summed E-state index contributed by atoms with van der Waals surface area (Å²) >= 11 is 5.78. The molecule has 0 spiro atoms. The lowest BCUT2D eigenvalue weighted by Gasteiger charge is -2.19. The van der Waals surface area contributed by atoms with E-state index in [4.69, 9.17) is 11.6 Å². The summed E-state index contributed by atoms with van der Waals surface area (Å²) in [7, 11) is 0. The highest BCUT2D eigenvalue weighted by atomic mass is 35.5. The zero-order chi connectivity index (χ0) is 21.9. The van der Waals surface area contributed by atoms with Gasteiger partial charge in [0.05, 0.1) is 19.1 Å². The van der Waals surface area contributed by atoms with E-state index >= 15 is 0 Å². The largest absolute Gasteiger partial charge is 0.394 e. The Hall–Kier alpha value is -2.89. The van der Waals surface area contributed by atoms with E-state index in [0.29, 0.717) is 17.0 Å². The number of halogens is 1. The van der Waals surface area contributed by atoms with Crippen molar-refractivity contribution in [3.05, 3.63) is 70.7 Å². The van der Waals surface area contributed by atoms with Gasteiger partial charge in [0.25, 0.3) is 5.91 Å². The standard InChI is InChI=1S/C22H23ClN2O5/c23-18-10-8-16(9-11-18)7-4-12-25(30)22(29)20(27)14-21(28)24-19(15-26)13-17-5-2-1-3-6-17/h1-3,5-6,8-11,19-20,26-27,30H,12-15H2,(H,24,28)/t19-,20-/m0/s1. The van der Waals surface area contributed by atoms with Crippen molar-refractivity contribution in [1.82, 2.24) is 10.4 Å². The van der Waals surface area contributed by atoms with Gasteiger partial charge in [-0.1, -0.05) is 53.8 Å². The molecule has 2 rings (SSSR count). The molecule has 0 aliphatic rings. The first-order chi connectivity index (χ1) is 14.4. The molecule has 0 aliphatic carbocycles. The van der Waals surface area contributed by atoms with Gasteiger partial charge in [-0.3, -0.25) is 14.8 Å². The highest BCUT2D eigenvalue weighted by molar-refractivity contribution is 6.30. The van der Waals surface area contributed by atoms with Crippen molar-refractivity contribution in [2.24, 2.45) is 0 Å². The topological polar surface area (TPSA) is 110 Å². The second-order valence-electron chi connectivity index (χ2n) is 6.56. The van der Waals surface area contributed by atoms with Crippen molar-refractivity contribution in [3.8, 4) is 11.8 Å². The molecule has 2 aromatic carbocycles. The number of carbonyl (C=O) groups excluding carboxylic acids is 2. The molecule has 8 heteroatoms. The Bertz CT molecular complexity index is 893. The number of amides is 2. The molecule has 0 fully saturated rings. The fraction of sp³-hybridized carbons (Fsp3) is 0.273. The van der Waals surface area contributed by atoms with Crippen LogP contribution in [0.25, 0.3) is 0 Å². The molecule has 0 aliphatic heterocycles. The van der Waals surface area contributed by atoms with Gasteiger partial charge in [0.1, 0.15) is 12.6 Å². The molecular weight excluding hydrogens is 408 g/mol. The van der Waals surface area contributed by atoms with Gasteiger partial charge in [-0.05, 0) is 36.2 Å². The van der Waals surface area contributed by atoms with Gasteiger partial charge < -0.3 is 15.5 Å². The monoisotopic (exact) mass is 430 g/mol. The number of benzene rings is 2. The molecule has 0 bridgehead atoms. The zero-order valence-electron chi connectivity index (χ0n) is 16.2. The van der Waals surface area contributed by atoms with E-state index in [-0.39, 0.29) is 18.2 Å². The number of carbonyl (C=O) groups is 2. The normalized spacial score (nSPS) is 12.3. The summed E-state index contributed by atoms with van der Waals surface area (Å²) in [6, 6.07) is 15.4. The minimum Gasteiger partial charge on any atom is -0.394 e. The minimum absolute atomic E-state index is 0.258. The van der Waals surface area contributed by atoms with Crippen molar-refractivity contribution in [3.63, 3.8) is 0 Å². The van der Waals surface area contributed by atoms with E-state index in [1.54, 1.807) is 24.3 Å². The van der Waals surface area contributed by atoms with Crippen LogP contribution in [0, 0.1) is 11.8 Å². The number of rotatable bonds is 8. The van der Waals surface area contributed by atoms with E-state index in [0.717, 1.165) is 5.56 Å². The maximum Gasteiger partial charge on any atom is 0.276 e. The molecule has 7 nitrogen and oxygen atoms in total. The first kappa shape index (κ1) is 23.4. The van der Waals surface area contributed by atoms with Gasteiger partial charge in [-0.25, -0.2) is 5.06 Å². The van der Waals surface area contributed by atoms with Crippen LogP contribution in [0.2, 0.25) is 5.02 Å². The average molecular weight is 431 g/mol. The van der Waals surface area contributed by atoms with Crippen LogP contribution in [0.3, 0.4) is 0 Å². The fourth-order valence-corrected chi connectivity index (χ4v) is 2.73. The third kappa shape index (κ3) is 7.85. The maximum absolute atomic E-state index is 12.1. The lowest BCUT2D eigenvalue weighted by Crippen LogP contribution is -2.44. The number of hydrogen-bond donors (Lipinski definition) is 4. The van der Waals surface area contributed by atoms with Crippen LogP contribution in [0.15, 0.2) is 54.6 Å². The van der Waals surface area contributed by atoms with Crippen molar-refractivity contribution in [2.45, 2.75) is 25.0 Å². The molecule has 0 saturated carbocycles. The predicted octanol–water partition coefficient (Wildman–Crippen LogP) is 1.38. The Morgan fingerprint density at radius 3 is 2.40 bits per heavy atom. The second kappa shape index (κ2) is 12.0. The Morgan fingerprint density at radius 2 is 1.77 bits per heavy atom. The summed E-state index contributed by atoms with van der Waals surface area (Å²) in [6.07, 6.45) is -1.88. The number of hydroxylamine groups is 2. The van der Waals surface area contributed by atoms with Gasteiger partial charge >= 0.3 is 0 Å². The van der Waals surface area contributed by atoms with Gasteiger partial charge in [0, 0.05) is 10.6 Å². The maximum atomic E-state index is 12.1. The van der Waals surface area contributed by atoms with Crippen molar-refractivity contribution in [2.75, 3.05) is 13.2 Å². The number of nitrogens with one attached hydrogen (secondary N) is 1. The van der Waals surface area contributed by atoms with Crippen molar-refractivity contribution >= 4 is 23.4 Å². The molecule has 2 amide bonds. The lowest BCUT2D eigenvalue weighted by molar-refractivity contribution is -0.173. The first-order valence-electron chi connectivity index (χ1n) is 9.26. The Kier molecular flexibility index (Phi) is 9.32. The minimum atomic E-state index is -1.73. The highest BCUT2D eigenvalue weighted by Gasteiger charge is 2.24. The van der Waals surface area contributed by atoms with Crippen molar-refractivity contribution in [1.29, 1.82) is 0 Å². The number of aliphatic hydroxyl groups excluding tert-OH is 2. The molecule has 4 N–H and O–H groups in total. The van der Waals surface area contributed by atoms with Gasteiger partial charge in [0.15, 0.2) is 0 Å². The number of aliphatic hydroxyl groups is 2. The molecule has 158 valence electrons. The second-order valence-corrected chi connectivity index (χ2v) is 7.00. The molecular formula is C22H23ClN2O5. The summed E-state index contributed by atoms with van der Waals surface area (Å²) in [5, 5.41) is 32.6. The van der Waals surface area contributed by atoms with E-state index in [1.165, 1.54) is 0 Å².